The van der Waals surface area contributed by atoms with Crippen molar-refractivity contribution in [2.24, 2.45) is 5.92 Å². The number of unbranched alkanes of at least 4 members (excludes halogenated alkanes) is 3. The standard InChI is InChI=1S/C17H28ClN/c1-3-5-6-7-8-16(14-19-4-2)13-15-9-11-17(18)12-10-15/h9-12,16,19H,3-8,13-14H2,1-2H3. The van der Waals surface area contributed by atoms with Crippen LogP contribution < -0.4 is 5.32 Å². The highest BCUT2D eigenvalue weighted by Gasteiger charge is 2.09. The minimum Gasteiger partial charge on any atom is -0.317 e. The summed E-state index contributed by atoms with van der Waals surface area (Å²) in [5.41, 5.74) is 1.41. The molecule has 0 amide bonds. The van der Waals surface area contributed by atoms with E-state index in [1.54, 1.807) is 0 Å². The van der Waals surface area contributed by atoms with Crippen molar-refractivity contribution in [3.63, 3.8) is 0 Å². The maximum atomic E-state index is 5.94. The molecule has 19 heavy (non-hydrogen) atoms. The first kappa shape index (κ1) is 16.5. The molecular weight excluding hydrogens is 254 g/mol. The average Bonchev–Trinajstić information content (AvgIpc) is 2.43. The van der Waals surface area contributed by atoms with Gasteiger partial charge in [0.1, 0.15) is 0 Å². The van der Waals surface area contributed by atoms with Crippen molar-refractivity contribution >= 4 is 11.6 Å². The van der Waals surface area contributed by atoms with Crippen LogP contribution in [-0.2, 0) is 6.42 Å². The second-order valence-corrected chi connectivity index (χ2v) is 5.79. The summed E-state index contributed by atoms with van der Waals surface area (Å²) in [7, 11) is 0. The van der Waals surface area contributed by atoms with Crippen LogP contribution in [0.4, 0.5) is 0 Å². The van der Waals surface area contributed by atoms with E-state index in [-0.39, 0.29) is 0 Å². The molecule has 1 aromatic rings. The molecule has 0 heterocycles. The van der Waals surface area contributed by atoms with Crippen LogP contribution in [0.25, 0.3) is 0 Å². The fourth-order valence-electron chi connectivity index (χ4n) is 2.44. The predicted octanol–water partition coefficient (Wildman–Crippen LogP) is 5.08. The minimum atomic E-state index is 0.748. The Balaban J connectivity index is 2.41. The van der Waals surface area contributed by atoms with Crippen molar-refractivity contribution in [3.05, 3.63) is 34.9 Å². The van der Waals surface area contributed by atoms with Gasteiger partial charge < -0.3 is 5.32 Å². The smallest absolute Gasteiger partial charge is 0.0406 e. The summed E-state index contributed by atoms with van der Waals surface area (Å²) in [6.07, 6.45) is 7.91. The van der Waals surface area contributed by atoms with Gasteiger partial charge in [0, 0.05) is 5.02 Å². The topological polar surface area (TPSA) is 12.0 Å². The molecule has 2 heteroatoms. The van der Waals surface area contributed by atoms with Gasteiger partial charge in [-0.15, -0.1) is 0 Å². The zero-order valence-corrected chi connectivity index (χ0v) is 13.2. The molecule has 1 aromatic carbocycles. The van der Waals surface area contributed by atoms with Gasteiger partial charge in [0.05, 0.1) is 0 Å². The summed E-state index contributed by atoms with van der Waals surface area (Å²) in [5.74, 6) is 0.748. The molecule has 0 aromatic heterocycles. The van der Waals surface area contributed by atoms with Crippen molar-refractivity contribution in [1.29, 1.82) is 0 Å². The first-order chi connectivity index (χ1) is 9.26. The predicted molar refractivity (Wildman–Crippen MR) is 85.9 cm³/mol. The quantitative estimate of drug-likeness (QED) is 0.590. The highest BCUT2D eigenvalue weighted by atomic mass is 35.5. The van der Waals surface area contributed by atoms with E-state index in [0.717, 1.165) is 30.5 Å². The van der Waals surface area contributed by atoms with E-state index in [2.05, 4.69) is 31.3 Å². The molecule has 0 saturated carbocycles. The third-order valence-corrected chi connectivity index (χ3v) is 3.84. The molecule has 1 N–H and O–H groups in total. The third kappa shape index (κ3) is 7.59. The van der Waals surface area contributed by atoms with Crippen LogP contribution in [0.1, 0.15) is 51.5 Å². The van der Waals surface area contributed by atoms with Crippen LogP contribution in [0.5, 0.6) is 0 Å². The third-order valence-electron chi connectivity index (χ3n) is 3.59. The van der Waals surface area contributed by atoms with E-state index in [1.165, 1.54) is 37.7 Å². The molecule has 1 rings (SSSR count). The number of rotatable bonds is 10. The summed E-state index contributed by atoms with van der Waals surface area (Å²) in [4.78, 5) is 0. The van der Waals surface area contributed by atoms with Gasteiger partial charge in [-0.3, -0.25) is 0 Å². The van der Waals surface area contributed by atoms with Crippen molar-refractivity contribution in [2.75, 3.05) is 13.1 Å². The first-order valence-corrected chi connectivity index (χ1v) is 8.09. The zero-order chi connectivity index (χ0) is 13.9. The van der Waals surface area contributed by atoms with E-state index in [1.807, 2.05) is 12.1 Å². The Morgan fingerprint density at radius 3 is 2.42 bits per heavy atom. The highest BCUT2D eigenvalue weighted by Crippen LogP contribution is 2.18. The Morgan fingerprint density at radius 1 is 1.05 bits per heavy atom. The molecule has 0 fully saturated rings. The van der Waals surface area contributed by atoms with Crippen LogP contribution in [-0.4, -0.2) is 13.1 Å². The van der Waals surface area contributed by atoms with E-state index >= 15 is 0 Å². The summed E-state index contributed by atoms with van der Waals surface area (Å²) in [6.45, 7) is 6.64. The molecule has 0 aliphatic heterocycles. The number of halogens is 1. The Morgan fingerprint density at radius 2 is 1.79 bits per heavy atom. The Kier molecular flexibility index (Phi) is 8.94. The molecule has 0 aliphatic carbocycles. The Hall–Kier alpha value is -0.530. The molecule has 0 saturated heterocycles. The normalized spacial score (nSPS) is 12.6. The van der Waals surface area contributed by atoms with Gasteiger partial charge in [-0.05, 0) is 49.5 Å². The number of benzene rings is 1. The lowest BCUT2D eigenvalue weighted by atomic mass is 9.93. The van der Waals surface area contributed by atoms with Gasteiger partial charge in [0.25, 0.3) is 0 Å². The molecule has 1 unspecified atom stereocenters. The number of hydrogen-bond donors (Lipinski definition) is 1. The van der Waals surface area contributed by atoms with Gasteiger partial charge in [-0.1, -0.05) is 63.3 Å². The van der Waals surface area contributed by atoms with Crippen LogP contribution in [0.2, 0.25) is 5.02 Å². The number of hydrogen-bond acceptors (Lipinski definition) is 1. The van der Waals surface area contributed by atoms with E-state index < -0.39 is 0 Å². The second-order valence-electron chi connectivity index (χ2n) is 5.35. The van der Waals surface area contributed by atoms with Crippen molar-refractivity contribution in [3.8, 4) is 0 Å². The Bertz CT molecular complexity index is 321. The minimum absolute atomic E-state index is 0.748. The van der Waals surface area contributed by atoms with E-state index in [9.17, 15) is 0 Å². The van der Waals surface area contributed by atoms with Gasteiger partial charge in [0.2, 0.25) is 0 Å². The molecular formula is C17H28ClN. The van der Waals surface area contributed by atoms with E-state index in [0.29, 0.717) is 0 Å². The lowest BCUT2D eigenvalue weighted by Gasteiger charge is -2.17. The lowest BCUT2D eigenvalue weighted by Crippen LogP contribution is -2.24. The van der Waals surface area contributed by atoms with Crippen LogP contribution >= 0.6 is 11.6 Å². The largest absolute Gasteiger partial charge is 0.317 e. The van der Waals surface area contributed by atoms with Gasteiger partial charge in [0.15, 0.2) is 0 Å². The lowest BCUT2D eigenvalue weighted by molar-refractivity contribution is 0.426. The summed E-state index contributed by atoms with van der Waals surface area (Å²) in [6, 6.07) is 8.32. The molecule has 0 aliphatic rings. The van der Waals surface area contributed by atoms with Crippen molar-refractivity contribution < 1.29 is 0 Å². The van der Waals surface area contributed by atoms with E-state index in [4.69, 9.17) is 11.6 Å². The average molecular weight is 282 g/mol. The van der Waals surface area contributed by atoms with Crippen LogP contribution in [0.15, 0.2) is 24.3 Å². The van der Waals surface area contributed by atoms with Crippen LogP contribution in [0.3, 0.4) is 0 Å². The first-order valence-electron chi connectivity index (χ1n) is 7.71. The molecule has 0 spiro atoms. The summed E-state index contributed by atoms with van der Waals surface area (Å²) < 4.78 is 0. The number of nitrogens with one attached hydrogen (secondary N) is 1. The maximum absolute atomic E-state index is 5.94. The fraction of sp³-hybridized carbons (Fsp3) is 0.647. The van der Waals surface area contributed by atoms with Crippen molar-refractivity contribution in [2.45, 2.75) is 52.4 Å². The molecule has 1 nitrogen and oxygen atoms in total. The monoisotopic (exact) mass is 281 g/mol. The molecule has 0 radical (unpaired) electrons. The molecule has 0 bridgehead atoms. The second kappa shape index (κ2) is 10.3. The summed E-state index contributed by atoms with van der Waals surface area (Å²) in [5, 5.41) is 4.32. The summed E-state index contributed by atoms with van der Waals surface area (Å²) >= 11 is 5.94. The highest BCUT2D eigenvalue weighted by molar-refractivity contribution is 6.30. The molecule has 108 valence electrons. The van der Waals surface area contributed by atoms with Crippen molar-refractivity contribution in [1.82, 2.24) is 5.32 Å². The van der Waals surface area contributed by atoms with Gasteiger partial charge >= 0.3 is 0 Å². The zero-order valence-electron chi connectivity index (χ0n) is 12.4. The Labute approximate surface area is 123 Å². The maximum Gasteiger partial charge on any atom is 0.0406 e. The van der Waals surface area contributed by atoms with Gasteiger partial charge in [-0.25, -0.2) is 0 Å². The van der Waals surface area contributed by atoms with Crippen LogP contribution in [0, 0.1) is 5.92 Å². The molecule has 1 atom stereocenters. The SMILES string of the molecule is CCCCCCC(CNCC)Cc1ccc(Cl)cc1. The van der Waals surface area contributed by atoms with Gasteiger partial charge in [-0.2, -0.15) is 0 Å². The fourth-order valence-corrected chi connectivity index (χ4v) is 2.56.